The molecule has 2 unspecified atom stereocenters. The van der Waals surface area contributed by atoms with Crippen LogP contribution in [0.1, 0.15) is 58.6 Å². The number of carbonyl (C=O) groups is 1. The standard InChI is InChI=1S/C14H18N4O4.C7H14.C2H6.CH4O/c1-18-7-12(6-17-18)22-8-13(15)14(21,9-19)5-10-4-11(20)2-3-16-10;1-7-5-3-2-4-6-7;2*1-2/h2-4,6-7,9,13,21H,5,8,15H2,1H3,(H,16,20);7H,2-6H2,1H3;1-2H3;2H,1H3. The fraction of sp³-hybridized carbons (Fsp3) is 0.625. The fourth-order valence-electron chi connectivity index (χ4n) is 3.27. The van der Waals surface area contributed by atoms with Gasteiger partial charge in [0.15, 0.2) is 17.5 Å². The number of rotatable bonds is 7. The van der Waals surface area contributed by atoms with Crippen molar-refractivity contribution >= 4 is 6.29 Å². The molecule has 2 heterocycles. The fourth-order valence-corrected chi connectivity index (χ4v) is 3.27. The number of hydrogen-bond acceptors (Lipinski definition) is 7. The van der Waals surface area contributed by atoms with Gasteiger partial charge in [-0.3, -0.25) is 9.48 Å². The smallest absolute Gasteiger partial charge is 0.181 e. The van der Waals surface area contributed by atoms with Gasteiger partial charge < -0.3 is 30.5 Å². The van der Waals surface area contributed by atoms with E-state index < -0.39 is 11.6 Å². The Morgan fingerprint density at radius 3 is 2.42 bits per heavy atom. The van der Waals surface area contributed by atoms with Crippen LogP contribution >= 0.6 is 0 Å². The average Bonchev–Trinajstić information content (AvgIpc) is 3.26. The normalized spacial score (nSPS) is 15.8. The molecule has 0 aliphatic heterocycles. The quantitative estimate of drug-likeness (QED) is 0.458. The summed E-state index contributed by atoms with van der Waals surface area (Å²) in [5, 5.41) is 21.3. The highest BCUT2D eigenvalue weighted by molar-refractivity contribution is 5.64. The molecule has 0 amide bonds. The Labute approximate surface area is 197 Å². The molecule has 5 N–H and O–H groups in total. The zero-order valence-corrected chi connectivity index (χ0v) is 20.7. The zero-order chi connectivity index (χ0) is 25.3. The lowest BCUT2D eigenvalue weighted by Crippen LogP contribution is -2.54. The molecule has 33 heavy (non-hydrogen) atoms. The molecule has 1 saturated carbocycles. The number of aromatic amines is 1. The first-order valence-corrected chi connectivity index (χ1v) is 11.5. The van der Waals surface area contributed by atoms with Crippen LogP contribution in [0.15, 0.2) is 35.5 Å². The number of nitrogens with two attached hydrogens (primary N) is 1. The van der Waals surface area contributed by atoms with E-state index >= 15 is 0 Å². The number of pyridine rings is 1. The lowest BCUT2D eigenvalue weighted by molar-refractivity contribution is -0.127. The summed E-state index contributed by atoms with van der Waals surface area (Å²) in [7, 11) is 2.74. The third-order valence-electron chi connectivity index (χ3n) is 5.16. The van der Waals surface area contributed by atoms with Gasteiger partial charge in [0.25, 0.3) is 0 Å². The second kappa shape index (κ2) is 17.0. The first-order valence-electron chi connectivity index (χ1n) is 11.5. The molecule has 0 spiro atoms. The summed E-state index contributed by atoms with van der Waals surface area (Å²) in [6, 6.07) is 1.69. The number of aryl methyl sites for hydroxylation is 1. The topological polar surface area (TPSA) is 143 Å². The Morgan fingerprint density at radius 2 is 1.97 bits per heavy atom. The first-order chi connectivity index (χ1) is 15.8. The SMILES string of the molecule is CC.CC1CCCCC1.CO.Cn1cc(OCC(N)C(O)(C=O)Cc2cc(=O)cc[nH]2)cn1. The van der Waals surface area contributed by atoms with E-state index in [9.17, 15) is 14.7 Å². The second-order valence-electron chi connectivity index (χ2n) is 7.85. The molecule has 3 rings (SSSR count). The molecule has 0 radical (unpaired) electrons. The summed E-state index contributed by atoms with van der Waals surface area (Å²) in [4.78, 5) is 25.4. The van der Waals surface area contributed by atoms with Crippen LogP contribution in [-0.2, 0) is 18.3 Å². The number of nitrogens with one attached hydrogen (secondary N) is 1. The molecule has 2 atom stereocenters. The van der Waals surface area contributed by atoms with Gasteiger partial charge in [-0.05, 0) is 5.92 Å². The molecule has 2 aromatic rings. The first kappa shape index (κ1) is 30.5. The summed E-state index contributed by atoms with van der Waals surface area (Å²) in [6.07, 6.45) is 12.3. The molecule has 1 fully saturated rings. The van der Waals surface area contributed by atoms with E-state index in [2.05, 4.69) is 17.0 Å². The maximum atomic E-state index is 11.3. The Bertz CT molecular complexity index is 817. The molecule has 1 aliphatic carbocycles. The van der Waals surface area contributed by atoms with Crippen LogP contribution in [-0.4, -0.2) is 56.6 Å². The Morgan fingerprint density at radius 1 is 1.33 bits per heavy atom. The van der Waals surface area contributed by atoms with Gasteiger partial charge in [-0.2, -0.15) is 5.10 Å². The van der Waals surface area contributed by atoms with E-state index in [1.807, 2.05) is 13.8 Å². The zero-order valence-electron chi connectivity index (χ0n) is 20.7. The average molecular weight is 467 g/mol. The van der Waals surface area contributed by atoms with Gasteiger partial charge in [0.1, 0.15) is 12.2 Å². The number of carbonyl (C=O) groups excluding carboxylic acids is 1. The monoisotopic (exact) mass is 466 g/mol. The van der Waals surface area contributed by atoms with Crippen molar-refractivity contribution in [1.82, 2.24) is 14.8 Å². The minimum absolute atomic E-state index is 0.0714. The van der Waals surface area contributed by atoms with Crippen LogP contribution in [0.3, 0.4) is 0 Å². The highest BCUT2D eigenvalue weighted by Gasteiger charge is 2.35. The molecule has 1 aliphatic rings. The number of ether oxygens (including phenoxy) is 1. The van der Waals surface area contributed by atoms with Crippen molar-refractivity contribution < 1.29 is 19.7 Å². The van der Waals surface area contributed by atoms with Crippen LogP contribution in [0.25, 0.3) is 0 Å². The van der Waals surface area contributed by atoms with Crippen molar-refractivity contribution in [3.8, 4) is 5.75 Å². The summed E-state index contributed by atoms with van der Waals surface area (Å²) >= 11 is 0. The number of hydrogen-bond donors (Lipinski definition) is 4. The maximum Gasteiger partial charge on any atom is 0.181 e. The second-order valence-corrected chi connectivity index (χ2v) is 7.85. The minimum Gasteiger partial charge on any atom is -0.489 e. The number of nitrogens with zero attached hydrogens (tertiary/aromatic N) is 2. The lowest BCUT2D eigenvalue weighted by atomic mass is 9.91. The molecule has 188 valence electrons. The van der Waals surface area contributed by atoms with Gasteiger partial charge in [0.05, 0.1) is 18.4 Å². The van der Waals surface area contributed by atoms with Crippen molar-refractivity contribution in [3.63, 3.8) is 0 Å². The molecule has 0 bridgehead atoms. The van der Waals surface area contributed by atoms with E-state index in [0.717, 1.165) is 13.0 Å². The number of H-pyrrole nitrogens is 1. The highest BCUT2D eigenvalue weighted by atomic mass is 16.5. The maximum absolute atomic E-state index is 11.3. The van der Waals surface area contributed by atoms with Gasteiger partial charge in [0, 0.05) is 44.6 Å². The highest BCUT2D eigenvalue weighted by Crippen LogP contribution is 2.22. The van der Waals surface area contributed by atoms with Crippen molar-refractivity contribution in [2.75, 3.05) is 13.7 Å². The molecule has 9 heteroatoms. The van der Waals surface area contributed by atoms with E-state index in [-0.39, 0.29) is 18.5 Å². The number of aliphatic hydroxyl groups excluding tert-OH is 1. The van der Waals surface area contributed by atoms with Crippen molar-refractivity contribution in [3.05, 3.63) is 46.6 Å². The summed E-state index contributed by atoms with van der Waals surface area (Å²) in [5.41, 5.74) is 4.23. The minimum atomic E-state index is -1.84. The van der Waals surface area contributed by atoms with E-state index in [1.165, 1.54) is 56.6 Å². The van der Waals surface area contributed by atoms with E-state index in [4.69, 9.17) is 15.6 Å². The number of aromatic nitrogens is 3. The van der Waals surface area contributed by atoms with Gasteiger partial charge >= 0.3 is 0 Å². The Balaban J connectivity index is 0.000000776. The van der Waals surface area contributed by atoms with Gasteiger partial charge in [-0.1, -0.05) is 52.9 Å². The molecule has 0 aromatic carbocycles. The van der Waals surface area contributed by atoms with Crippen LogP contribution in [0, 0.1) is 5.92 Å². The van der Waals surface area contributed by atoms with E-state index in [1.54, 1.807) is 17.9 Å². The molecular weight excluding hydrogens is 424 g/mol. The number of aldehydes is 1. The van der Waals surface area contributed by atoms with Crippen molar-refractivity contribution in [2.24, 2.45) is 18.7 Å². The van der Waals surface area contributed by atoms with Gasteiger partial charge in [0.2, 0.25) is 0 Å². The number of aliphatic hydroxyl groups is 2. The predicted octanol–water partition coefficient (Wildman–Crippen LogP) is 2.21. The van der Waals surface area contributed by atoms with Crippen LogP contribution in [0.2, 0.25) is 0 Å². The molecule has 9 nitrogen and oxygen atoms in total. The van der Waals surface area contributed by atoms with Crippen LogP contribution in [0.4, 0.5) is 0 Å². The third-order valence-corrected chi connectivity index (χ3v) is 5.16. The van der Waals surface area contributed by atoms with Crippen LogP contribution in [0.5, 0.6) is 5.75 Å². The summed E-state index contributed by atoms with van der Waals surface area (Å²) in [5.74, 6) is 1.52. The molecule has 0 saturated heterocycles. The molecular formula is C24H42N4O5. The van der Waals surface area contributed by atoms with Crippen LogP contribution < -0.4 is 15.9 Å². The van der Waals surface area contributed by atoms with Gasteiger partial charge in [-0.15, -0.1) is 0 Å². The van der Waals surface area contributed by atoms with Crippen molar-refractivity contribution in [1.29, 1.82) is 0 Å². The lowest BCUT2D eigenvalue weighted by Gasteiger charge is -2.28. The predicted molar refractivity (Wildman–Crippen MR) is 130 cm³/mol. The largest absolute Gasteiger partial charge is 0.489 e. The summed E-state index contributed by atoms with van der Waals surface area (Å²) in [6.45, 7) is 6.29. The Hall–Kier alpha value is -2.49. The van der Waals surface area contributed by atoms with Gasteiger partial charge in [-0.25, -0.2) is 0 Å². The van der Waals surface area contributed by atoms with E-state index in [0.29, 0.717) is 17.7 Å². The Kier molecular flexibility index (Phi) is 15.8. The molecule has 2 aromatic heterocycles. The third kappa shape index (κ3) is 11.8. The summed E-state index contributed by atoms with van der Waals surface area (Å²) < 4.78 is 6.96. The van der Waals surface area contributed by atoms with Crippen molar-refractivity contribution in [2.45, 2.75) is 70.9 Å².